The predicted molar refractivity (Wildman–Crippen MR) is 69.8 cm³/mol. The van der Waals surface area contributed by atoms with Crippen molar-refractivity contribution in [2.75, 3.05) is 13.1 Å². The molecule has 0 amide bonds. The third kappa shape index (κ3) is 3.64. The van der Waals surface area contributed by atoms with Gasteiger partial charge in [-0.2, -0.15) is 17.4 Å². The molecule has 1 unspecified atom stereocenters. The topological polar surface area (TPSA) is 75.4 Å². The van der Waals surface area contributed by atoms with Crippen LogP contribution in [-0.4, -0.2) is 37.4 Å². The van der Waals surface area contributed by atoms with E-state index >= 15 is 0 Å². The van der Waals surface area contributed by atoms with E-state index in [0.29, 0.717) is 13.1 Å². The number of nitrogens with two attached hydrogens (primary N) is 1. The van der Waals surface area contributed by atoms with Crippen LogP contribution >= 0.6 is 0 Å². The predicted octanol–water partition coefficient (Wildman–Crippen LogP) is 0.823. The van der Waals surface area contributed by atoms with Crippen LogP contribution in [0.3, 0.4) is 0 Å². The van der Waals surface area contributed by atoms with Crippen LogP contribution in [0.5, 0.6) is 0 Å². The van der Waals surface area contributed by atoms with E-state index in [0.717, 1.165) is 25.7 Å². The molecule has 0 saturated heterocycles. The standard InChI is InChI=1S/C11H25N3O2S/c1-4-8-14(11(3,5-2)9-12)17(15,16)13-10-6-7-10/h10,13H,4-9,12H2,1-3H3. The van der Waals surface area contributed by atoms with Crippen molar-refractivity contribution in [3.63, 3.8) is 0 Å². The summed E-state index contributed by atoms with van der Waals surface area (Å²) in [5.74, 6) is 0. The van der Waals surface area contributed by atoms with Crippen molar-refractivity contribution in [2.24, 2.45) is 5.73 Å². The minimum absolute atomic E-state index is 0.137. The second-order valence-electron chi connectivity index (χ2n) is 5.02. The fourth-order valence-electron chi connectivity index (χ4n) is 1.78. The summed E-state index contributed by atoms with van der Waals surface area (Å²) in [6.45, 7) is 6.72. The summed E-state index contributed by atoms with van der Waals surface area (Å²) in [7, 11) is -3.40. The molecular formula is C11H25N3O2S. The molecule has 1 saturated carbocycles. The van der Waals surface area contributed by atoms with Crippen molar-refractivity contribution >= 4 is 10.2 Å². The Hall–Kier alpha value is -0.170. The molecule has 1 aliphatic carbocycles. The van der Waals surface area contributed by atoms with Gasteiger partial charge in [0.1, 0.15) is 0 Å². The molecule has 17 heavy (non-hydrogen) atoms. The highest BCUT2D eigenvalue weighted by molar-refractivity contribution is 7.87. The first-order chi connectivity index (χ1) is 7.89. The third-order valence-electron chi connectivity index (χ3n) is 3.41. The first-order valence-electron chi connectivity index (χ1n) is 6.39. The van der Waals surface area contributed by atoms with Crippen LogP contribution in [0, 0.1) is 0 Å². The van der Waals surface area contributed by atoms with Crippen molar-refractivity contribution < 1.29 is 8.42 Å². The normalized spacial score (nSPS) is 20.5. The molecule has 102 valence electrons. The lowest BCUT2D eigenvalue weighted by Crippen LogP contribution is -2.57. The highest BCUT2D eigenvalue weighted by atomic mass is 32.2. The van der Waals surface area contributed by atoms with Gasteiger partial charge in [-0.15, -0.1) is 0 Å². The van der Waals surface area contributed by atoms with E-state index in [1.165, 1.54) is 0 Å². The van der Waals surface area contributed by atoms with Crippen molar-refractivity contribution in [1.82, 2.24) is 9.03 Å². The summed E-state index contributed by atoms with van der Waals surface area (Å²) in [5, 5.41) is 0. The molecule has 1 atom stereocenters. The zero-order valence-corrected chi connectivity index (χ0v) is 11.9. The smallest absolute Gasteiger partial charge is 0.280 e. The largest absolute Gasteiger partial charge is 0.329 e. The van der Waals surface area contributed by atoms with Crippen LogP contribution in [0.1, 0.15) is 46.5 Å². The van der Waals surface area contributed by atoms with Crippen LogP contribution in [0.15, 0.2) is 0 Å². The molecule has 0 bridgehead atoms. The van der Waals surface area contributed by atoms with Crippen molar-refractivity contribution in [1.29, 1.82) is 0 Å². The molecule has 6 heteroatoms. The quantitative estimate of drug-likeness (QED) is 0.681. The first kappa shape index (κ1) is 14.9. The molecule has 0 aromatic heterocycles. The van der Waals surface area contributed by atoms with Crippen LogP contribution in [0.2, 0.25) is 0 Å². The molecular weight excluding hydrogens is 238 g/mol. The Balaban J connectivity index is 2.89. The summed E-state index contributed by atoms with van der Waals surface area (Å²) in [5.41, 5.74) is 5.27. The average Bonchev–Trinajstić information content (AvgIpc) is 3.07. The zero-order chi connectivity index (χ0) is 13.1. The summed E-state index contributed by atoms with van der Waals surface area (Å²) >= 11 is 0. The van der Waals surface area contributed by atoms with Crippen molar-refractivity contribution in [3.8, 4) is 0 Å². The maximum absolute atomic E-state index is 12.3. The highest BCUT2D eigenvalue weighted by Gasteiger charge is 2.39. The van der Waals surface area contributed by atoms with Gasteiger partial charge in [-0.05, 0) is 32.6 Å². The lowest BCUT2D eigenvalue weighted by Gasteiger charge is -2.38. The summed E-state index contributed by atoms with van der Waals surface area (Å²) < 4.78 is 28.9. The van der Waals surface area contributed by atoms with Crippen LogP contribution in [0.25, 0.3) is 0 Å². The average molecular weight is 263 g/mol. The molecule has 1 aliphatic rings. The Morgan fingerprint density at radius 2 is 2.00 bits per heavy atom. The van der Waals surface area contributed by atoms with E-state index in [1.54, 1.807) is 4.31 Å². The van der Waals surface area contributed by atoms with E-state index < -0.39 is 15.7 Å². The minimum Gasteiger partial charge on any atom is -0.329 e. The lowest BCUT2D eigenvalue weighted by molar-refractivity contribution is 0.203. The summed E-state index contributed by atoms with van der Waals surface area (Å²) in [6.07, 6.45) is 3.41. The molecule has 5 nitrogen and oxygen atoms in total. The summed E-state index contributed by atoms with van der Waals surface area (Å²) in [4.78, 5) is 0. The first-order valence-corrected chi connectivity index (χ1v) is 7.83. The fourth-order valence-corrected chi connectivity index (χ4v) is 3.77. The molecule has 0 aliphatic heterocycles. The number of hydrogen-bond donors (Lipinski definition) is 2. The Morgan fingerprint density at radius 3 is 2.35 bits per heavy atom. The molecule has 0 aromatic rings. The molecule has 0 spiro atoms. The van der Waals surface area contributed by atoms with Gasteiger partial charge in [0.05, 0.1) is 0 Å². The molecule has 0 aromatic carbocycles. The number of hydrogen-bond acceptors (Lipinski definition) is 3. The van der Waals surface area contributed by atoms with Gasteiger partial charge in [0.15, 0.2) is 0 Å². The molecule has 1 rings (SSSR count). The van der Waals surface area contributed by atoms with E-state index in [1.807, 2.05) is 20.8 Å². The zero-order valence-electron chi connectivity index (χ0n) is 11.1. The molecule has 0 radical (unpaired) electrons. The van der Waals surface area contributed by atoms with Gasteiger partial charge in [0.2, 0.25) is 0 Å². The van der Waals surface area contributed by atoms with Gasteiger partial charge in [-0.3, -0.25) is 0 Å². The minimum atomic E-state index is -3.40. The Labute approximate surface area is 105 Å². The highest BCUT2D eigenvalue weighted by Crippen LogP contribution is 2.25. The van der Waals surface area contributed by atoms with Gasteiger partial charge in [0.25, 0.3) is 10.2 Å². The van der Waals surface area contributed by atoms with Gasteiger partial charge in [0, 0.05) is 24.7 Å². The second-order valence-corrected chi connectivity index (χ2v) is 6.65. The fraction of sp³-hybridized carbons (Fsp3) is 1.00. The van der Waals surface area contributed by atoms with Crippen LogP contribution in [-0.2, 0) is 10.2 Å². The monoisotopic (exact) mass is 263 g/mol. The second kappa shape index (κ2) is 5.65. The molecule has 0 heterocycles. The Morgan fingerprint density at radius 1 is 1.41 bits per heavy atom. The van der Waals surface area contributed by atoms with E-state index in [4.69, 9.17) is 5.73 Å². The van der Waals surface area contributed by atoms with Crippen molar-refractivity contribution in [2.45, 2.75) is 58.0 Å². The maximum atomic E-state index is 12.3. The van der Waals surface area contributed by atoms with Gasteiger partial charge < -0.3 is 5.73 Å². The molecule has 1 fully saturated rings. The Kier molecular flexibility index (Phi) is 4.95. The molecule has 3 N–H and O–H groups in total. The SMILES string of the molecule is CCCN(C(C)(CC)CN)S(=O)(=O)NC1CC1. The number of nitrogens with one attached hydrogen (secondary N) is 1. The number of nitrogens with zero attached hydrogens (tertiary/aromatic N) is 1. The maximum Gasteiger partial charge on any atom is 0.280 e. The van der Waals surface area contributed by atoms with Gasteiger partial charge >= 0.3 is 0 Å². The van der Waals surface area contributed by atoms with E-state index in [-0.39, 0.29) is 6.04 Å². The van der Waals surface area contributed by atoms with E-state index in [2.05, 4.69) is 4.72 Å². The third-order valence-corrected chi connectivity index (χ3v) is 5.25. The number of rotatable bonds is 8. The van der Waals surface area contributed by atoms with E-state index in [9.17, 15) is 8.42 Å². The van der Waals surface area contributed by atoms with Gasteiger partial charge in [-0.25, -0.2) is 0 Å². The van der Waals surface area contributed by atoms with Crippen LogP contribution in [0.4, 0.5) is 0 Å². The van der Waals surface area contributed by atoms with Crippen LogP contribution < -0.4 is 10.5 Å². The van der Waals surface area contributed by atoms with Gasteiger partial charge in [-0.1, -0.05) is 13.8 Å². The Bertz CT molecular complexity index is 335. The van der Waals surface area contributed by atoms with Crippen molar-refractivity contribution in [3.05, 3.63) is 0 Å². The summed E-state index contributed by atoms with van der Waals surface area (Å²) in [6, 6.07) is 0.137. The lowest BCUT2D eigenvalue weighted by atomic mass is 9.99.